The van der Waals surface area contributed by atoms with Gasteiger partial charge in [0.2, 0.25) is 5.91 Å². The molecule has 1 aliphatic rings. The fourth-order valence-corrected chi connectivity index (χ4v) is 3.77. The number of aromatic nitrogens is 2. The zero-order chi connectivity index (χ0) is 19.0. The van der Waals surface area contributed by atoms with Crippen LogP contribution in [0.3, 0.4) is 0 Å². The van der Waals surface area contributed by atoms with E-state index in [4.69, 9.17) is 4.98 Å². The second-order valence-electron chi connectivity index (χ2n) is 6.83. The summed E-state index contributed by atoms with van der Waals surface area (Å²) in [4.78, 5) is 32.8. The maximum atomic E-state index is 13.2. The highest BCUT2D eigenvalue weighted by atomic mass is 16.2. The van der Waals surface area contributed by atoms with Crippen molar-refractivity contribution in [2.45, 2.75) is 32.0 Å². The summed E-state index contributed by atoms with van der Waals surface area (Å²) in [6.07, 6.45) is 2.31. The molecule has 2 atom stereocenters. The molecule has 4 rings (SSSR count). The van der Waals surface area contributed by atoms with Gasteiger partial charge in [-0.25, -0.2) is 4.98 Å². The summed E-state index contributed by atoms with van der Waals surface area (Å²) < 4.78 is 1.56. The normalized spacial score (nSPS) is 19.1. The van der Waals surface area contributed by atoms with E-state index in [0.717, 1.165) is 5.56 Å². The van der Waals surface area contributed by atoms with E-state index in [0.29, 0.717) is 29.7 Å². The molecule has 0 aliphatic carbocycles. The Bertz CT molecular complexity index is 1070. The van der Waals surface area contributed by atoms with Crippen LogP contribution in [0.25, 0.3) is 10.9 Å². The molecule has 27 heavy (non-hydrogen) atoms. The first kappa shape index (κ1) is 17.2. The first-order valence-electron chi connectivity index (χ1n) is 9.08. The molecule has 5 heteroatoms. The highest BCUT2D eigenvalue weighted by molar-refractivity contribution is 5.83. The van der Waals surface area contributed by atoms with Crippen LogP contribution in [-0.4, -0.2) is 20.4 Å². The molecule has 1 aliphatic heterocycles. The quantitative estimate of drug-likeness (QED) is 0.669. The first-order valence-corrected chi connectivity index (χ1v) is 9.08. The number of hydrogen-bond acceptors (Lipinski definition) is 3. The number of rotatable bonds is 4. The van der Waals surface area contributed by atoms with E-state index in [1.807, 2.05) is 53.4 Å². The topological polar surface area (TPSA) is 55.2 Å². The van der Waals surface area contributed by atoms with Crippen LogP contribution in [-0.2, 0) is 11.3 Å². The van der Waals surface area contributed by atoms with Gasteiger partial charge in [0.25, 0.3) is 5.56 Å². The van der Waals surface area contributed by atoms with Crippen LogP contribution in [0.1, 0.15) is 36.8 Å². The van der Waals surface area contributed by atoms with Crippen LogP contribution in [0.5, 0.6) is 0 Å². The Morgan fingerprint density at radius 3 is 2.52 bits per heavy atom. The molecule has 0 saturated carbocycles. The third-order valence-electron chi connectivity index (χ3n) is 5.12. The van der Waals surface area contributed by atoms with E-state index in [-0.39, 0.29) is 17.5 Å². The highest BCUT2D eigenvalue weighted by Crippen LogP contribution is 2.33. The molecule has 3 aromatic rings. The smallest absolute Gasteiger partial charge is 0.262 e. The summed E-state index contributed by atoms with van der Waals surface area (Å²) in [5.74, 6) is 0.555. The molecule has 0 fully saturated rings. The molecule has 136 valence electrons. The van der Waals surface area contributed by atoms with E-state index in [9.17, 15) is 9.59 Å². The molecular formula is C22H21N3O2. The van der Waals surface area contributed by atoms with Crippen molar-refractivity contribution in [3.05, 3.63) is 89.0 Å². The third kappa shape index (κ3) is 2.85. The van der Waals surface area contributed by atoms with Gasteiger partial charge >= 0.3 is 0 Å². The molecule has 0 spiro atoms. The molecule has 0 N–H and O–H groups in total. The predicted octanol–water partition coefficient (Wildman–Crippen LogP) is 3.62. The van der Waals surface area contributed by atoms with Gasteiger partial charge in [-0.15, -0.1) is 6.58 Å². The SMILES string of the molecule is C=CC[C@@H]1c2nc3ccccc3c(=O)n2[C@@H](C)C(=O)N1Cc1ccccc1. The van der Waals surface area contributed by atoms with E-state index in [1.54, 1.807) is 23.6 Å². The minimum atomic E-state index is -0.589. The number of benzene rings is 2. The number of para-hydroxylation sites is 1. The Balaban J connectivity index is 1.90. The summed E-state index contributed by atoms with van der Waals surface area (Å²) in [5, 5.41) is 0.537. The van der Waals surface area contributed by atoms with E-state index >= 15 is 0 Å². The minimum absolute atomic E-state index is 0.0719. The number of carbonyl (C=O) groups is 1. The van der Waals surface area contributed by atoms with E-state index in [1.165, 1.54) is 0 Å². The Kier molecular flexibility index (Phi) is 4.36. The fraction of sp³-hybridized carbons (Fsp3) is 0.227. The molecule has 5 nitrogen and oxygen atoms in total. The number of hydrogen-bond donors (Lipinski definition) is 0. The number of amides is 1. The maximum Gasteiger partial charge on any atom is 0.262 e. The average Bonchev–Trinajstić information content (AvgIpc) is 2.69. The average molecular weight is 359 g/mol. The predicted molar refractivity (Wildman–Crippen MR) is 105 cm³/mol. The molecule has 2 heterocycles. The van der Waals surface area contributed by atoms with Crippen LogP contribution < -0.4 is 5.56 Å². The molecule has 0 radical (unpaired) electrons. The molecule has 0 bridgehead atoms. The van der Waals surface area contributed by atoms with E-state index < -0.39 is 6.04 Å². The van der Waals surface area contributed by atoms with Crippen molar-refractivity contribution < 1.29 is 4.79 Å². The summed E-state index contributed by atoms with van der Waals surface area (Å²) in [6.45, 7) is 6.09. The van der Waals surface area contributed by atoms with E-state index in [2.05, 4.69) is 6.58 Å². The minimum Gasteiger partial charge on any atom is -0.326 e. The Morgan fingerprint density at radius 1 is 1.07 bits per heavy atom. The van der Waals surface area contributed by atoms with Crippen LogP contribution in [0, 0.1) is 0 Å². The Labute approximate surface area is 157 Å². The fourth-order valence-electron chi connectivity index (χ4n) is 3.77. The first-order chi connectivity index (χ1) is 13.1. The standard InChI is InChI=1S/C22H21N3O2/c1-3-9-19-20-23-18-13-8-7-12-17(18)22(27)25(20)15(2)21(26)24(19)14-16-10-5-4-6-11-16/h3-8,10-13,15,19H,1,9,14H2,2H3/t15-,19+/m0/s1. The lowest BCUT2D eigenvalue weighted by Gasteiger charge is -2.39. The second kappa shape index (κ2) is 6.83. The van der Waals surface area contributed by atoms with Gasteiger partial charge in [0.1, 0.15) is 11.9 Å². The van der Waals surface area contributed by atoms with Gasteiger partial charge in [-0.3, -0.25) is 14.2 Å². The zero-order valence-corrected chi connectivity index (χ0v) is 15.2. The van der Waals surface area contributed by atoms with Crippen molar-refractivity contribution >= 4 is 16.8 Å². The zero-order valence-electron chi connectivity index (χ0n) is 15.2. The molecule has 0 saturated heterocycles. The van der Waals surface area contributed by atoms with Gasteiger partial charge < -0.3 is 4.90 Å². The lowest BCUT2D eigenvalue weighted by molar-refractivity contribution is -0.140. The molecule has 0 unspecified atom stereocenters. The van der Waals surface area contributed by atoms with Crippen LogP contribution in [0.15, 0.2) is 72.0 Å². The van der Waals surface area contributed by atoms with Crippen molar-refractivity contribution in [3.63, 3.8) is 0 Å². The number of fused-ring (bicyclic) bond motifs is 2. The molecule has 2 aromatic carbocycles. The van der Waals surface area contributed by atoms with Crippen LogP contribution >= 0.6 is 0 Å². The van der Waals surface area contributed by atoms with Crippen molar-refractivity contribution in [2.75, 3.05) is 0 Å². The summed E-state index contributed by atoms with van der Waals surface area (Å²) in [6, 6.07) is 16.2. The number of carbonyl (C=O) groups excluding carboxylic acids is 1. The van der Waals surface area contributed by atoms with Gasteiger partial charge in [-0.05, 0) is 31.0 Å². The Hall–Kier alpha value is -3.21. The lowest BCUT2D eigenvalue weighted by Crippen LogP contribution is -2.48. The second-order valence-corrected chi connectivity index (χ2v) is 6.83. The lowest BCUT2D eigenvalue weighted by atomic mass is 10.0. The maximum absolute atomic E-state index is 13.2. The largest absolute Gasteiger partial charge is 0.326 e. The van der Waals surface area contributed by atoms with Crippen molar-refractivity contribution in [1.29, 1.82) is 0 Å². The highest BCUT2D eigenvalue weighted by Gasteiger charge is 2.38. The summed E-state index contributed by atoms with van der Waals surface area (Å²) >= 11 is 0. The van der Waals surface area contributed by atoms with Crippen LogP contribution in [0.4, 0.5) is 0 Å². The van der Waals surface area contributed by atoms with Crippen LogP contribution in [0.2, 0.25) is 0 Å². The van der Waals surface area contributed by atoms with Gasteiger partial charge in [-0.1, -0.05) is 48.5 Å². The third-order valence-corrected chi connectivity index (χ3v) is 5.12. The molecule has 1 amide bonds. The summed E-state index contributed by atoms with van der Waals surface area (Å²) in [5.41, 5.74) is 1.54. The molecule has 1 aromatic heterocycles. The summed E-state index contributed by atoms with van der Waals surface area (Å²) in [7, 11) is 0. The number of nitrogens with zero attached hydrogens (tertiary/aromatic N) is 3. The van der Waals surface area contributed by atoms with Gasteiger partial charge in [0, 0.05) is 6.54 Å². The monoisotopic (exact) mass is 359 g/mol. The van der Waals surface area contributed by atoms with Gasteiger partial charge in [0.15, 0.2) is 0 Å². The van der Waals surface area contributed by atoms with Gasteiger partial charge in [0.05, 0.1) is 16.9 Å². The van der Waals surface area contributed by atoms with Crippen molar-refractivity contribution in [2.24, 2.45) is 0 Å². The van der Waals surface area contributed by atoms with Gasteiger partial charge in [-0.2, -0.15) is 0 Å². The van der Waals surface area contributed by atoms with Crippen molar-refractivity contribution in [3.8, 4) is 0 Å². The Morgan fingerprint density at radius 2 is 1.78 bits per heavy atom. The van der Waals surface area contributed by atoms with Crippen molar-refractivity contribution in [1.82, 2.24) is 14.5 Å². The molecular weight excluding hydrogens is 338 g/mol.